The van der Waals surface area contributed by atoms with E-state index in [1.54, 1.807) is 0 Å². The summed E-state index contributed by atoms with van der Waals surface area (Å²) in [6, 6.07) is 0. The van der Waals surface area contributed by atoms with Gasteiger partial charge < -0.3 is 14.8 Å². The molecule has 0 fully saturated rings. The van der Waals surface area contributed by atoms with E-state index in [9.17, 15) is 9.59 Å². The quantitative estimate of drug-likeness (QED) is 0.441. The van der Waals surface area contributed by atoms with Gasteiger partial charge in [0.2, 0.25) is 0 Å². The van der Waals surface area contributed by atoms with Gasteiger partial charge in [-0.1, -0.05) is 27.2 Å². The first-order valence-corrected chi connectivity index (χ1v) is 8.12. The van der Waals surface area contributed by atoms with Crippen molar-refractivity contribution in [2.45, 2.75) is 65.7 Å². The fourth-order valence-electron chi connectivity index (χ4n) is 1.76. The number of hydrogen-bond donors (Lipinski definition) is 1. The lowest BCUT2D eigenvalue weighted by atomic mass is 10.1. The van der Waals surface area contributed by atoms with Gasteiger partial charge in [0, 0.05) is 13.0 Å². The zero-order valence-electron chi connectivity index (χ0n) is 13.8. The first kappa shape index (κ1) is 19.7. The molecule has 0 unspecified atom stereocenters. The molecule has 0 aromatic carbocycles. The summed E-state index contributed by atoms with van der Waals surface area (Å²) >= 11 is 0. The van der Waals surface area contributed by atoms with Crippen LogP contribution in [0, 0.1) is 5.92 Å². The molecule has 0 aliphatic rings. The fourth-order valence-corrected chi connectivity index (χ4v) is 1.76. The van der Waals surface area contributed by atoms with Crippen LogP contribution in [0.3, 0.4) is 0 Å². The number of unbranched alkanes of at least 4 members (excludes halogenated alkanes) is 2. The minimum Gasteiger partial charge on any atom is -0.466 e. The first-order valence-electron chi connectivity index (χ1n) is 8.12. The zero-order chi connectivity index (χ0) is 15.9. The van der Waals surface area contributed by atoms with Crippen LogP contribution in [0.1, 0.15) is 65.7 Å². The summed E-state index contributed by atoms with van der Waals surface area (Å²) in [5, 5.41) is 2.68. The number of carbonyl (C=O) groups is 2. The maximum absolute atomic E-state index is 11.4. The second-order valence-corrected chi connectivity index (χ2v) is 5.63. The third-order valence-electron chi connectivity index (χ3n) is 2.95. The largest absolute Gasteiger partial charge is 0.466 e. The van der Waals surface area contributed by atoms with Gasteiger partial charge >= 0.3 is 12.1 Å². The molecule has 124 valence electrons. The Labute approximate surface area is 128 Å². The smallest absolute Gasteiger partial charge is 0.407 e. The predicted octanol–water partition coefficient (Wildman–Crippen LogP) is 3.66. The molecule has 0 spiro atoms. The van der Waals surface area contributed by atoms with Crippen LogP contribution in [0.4, 0.5) is 4.79 Å². The number of nitrogens with one attached hydrogen (secondary N) is 1. The monoisotopic (exact) mass is 301 g/mol. The summed E-state index contributed by atoms with van der Waals surface area (Å²) in [6.45, 7) is 7.85. The highest BCUT2D eigenvalue weighted by Crippen LogP contribution is 2.05. The number of ether oxygens (including phenoxy) is 2. The van der Waals surface area contributed by atoms with Crippen LogP contribution < -0.4 is 5.32 Å². The van der Waals surface area contributed by atoms with Crippen molar-refractivity contribution in [2.75, 3.05) is 19.8 Å². The van der Waals surface area contributed by atoms with Crippen LogP contribution in [-0.4, -0.2) is 31.8 Å². The molecule has 0 saturated heterocycles. The number of alkyl carbamates (subject to hydrolysis) is 1. The lowest BCUT2D eigenvalue weighted by molar-refractivity contribution is -0.143. The highest BCUT2D eigenvalue weighted by Gasteiger charge is 2.04. The lowest BCUT2D eigenvalue weighted by Gasteiger charge is -2.07. The summed E-state index contributed by atoms with van der Waals surface area (Å²) in [7, 11) is 0. The van der Waals surface area contributed by atoms with Crippen LogP contribution in [0.25, 0.3) is 0 Å². The Bertz CT molecular complexity index is 279. The Morgan fingerprint density at radius 3 is 2.43 bits per heavy atom. The minimum absolute atomic E-state index is 0.117. The molecule has 0 aliphatic carbocycles. The number of amides is 1. The minimum atomic E-state index is -0.360. The van der Waals surface area contributed by atoms with E-state index in [4.69, 9.17) is 9.47 Å². The molecule has 0 aromatic rings. The summed E-state index contributed by atoms with van der Waals surface area (Å²) in [4.78, 5) is 22.6. The van der Waals surface area contributed by atoms with E-state index in [-0.39, 0.29) is 12.1 Å². The van der Waals surface area contributed by atoms with Crippen molar-refractivity contribution in [1.82, 2.24) is 5.32 Å². The molecule has 0 saturated carbocycles. The number of rotatable bonds is 12. The molecule has 0 atom stereocenters. The Hall–Kier alpha value is -1.26. The lowest BCUT2D eigenvalue weighted by Crippen LogP contribution is -2.25. The summed E-state index contributed by atoms with van der Waals surface area (Å²) in [6.07, 6.45) is 5.50. The van der Waals surface area contributed by atoms with Crippen LogP contribution >= 0.6 is 0 Å². The van der Waals surface area contributed by atoms with Crippen molar-refractivity contribution in [3.05, 3.63) is 0 Å². The second-order valence-electron chi connectivity index (χ2n) is 5.63. The number of hydrogen-bond acceptors (Lipinski definition) is 4. The molecular formula is C16H31NO4. The maximum Gasteiger partial charge on any atom is 0.407 e. The summed E-state index contributed by atoms with van der Waals surface area (Å²) in [5.74, 6) is 0.536. The molecule has 0 aromatic heterocycles. The third-order valence-corrected chi connectivity index (χ3v) is 2.95. The van der Waals surface area contributed by atoms with E-state index in [1.165, 1.54) is 0 Å². The standard InChI is InChI=1S/C16H31NO4/c1-4-12-21-16(19)17-11-7-5-6-10-15(18)20-13-8-9-14(2)3/h14H,4-13H2,1-3H3,(H,17,19). The van der Waals surface area contributed by atoms with Gasteiger partial charge in [-0.3, -0.25) is 4.79 Å². The number of esters is 1. The molecule has 0 rings (SSSR count). The molecule has 0 bridgehead atoms. The van der Waals surface area contributed by atoms with E-state index in [0.29, 0.717) is 32.1 Å². The normalized spacial score (nSPS) is 10.5. The van der Waals surface area contributed by atoms with Gasteiger partial charge in [0.25, 0.3) is 0 Å². The highest BCUT2D eigenvalue weighted by atomic mass is 16.5. The van der Waals surface area contributed by atoms with Crippen molar-refractivity contribution >= 4 is 12.1 Å². The molecular weight excluding hydrogens is 270 g/mol. The van der Waals surface area contributed by atoms with Crippen molar-refractivity contribution in [1.29, 1.82) is 0 Å². The van der Waals surface area contributed by atoms with Crippen molar-refractivity contribution < 1.29 is 19.1 Å². The Morgan fingerprint density at radius 2 is 1.76 bits per heavy atom. The Balaban J connectivity index is 3.30. The molecule has 1 N–H and O–H groups in total. The summed E-state index contributed by atoms with van der Waals surface area (Å²) in [5.41, 5.74) is 0. The topological polar surface area (TPSA) is 64.6 Å². The van der Waals surface area contributed by atoms with Gasteiger partial charge in [0.05, 0.1) is 13.2 Å². The van der Waals surface area contributed by atoms with E-state index < -0.39 is 0 Å². The average Bonchev–Trinajstić information content (AvgIpc) is 2.44. The molecule has 0 heterocycles. The zero-order valence-corrected chi connectivity index (χ0v) is 13.8. The molecule has 5 heteroatoms. The number of carbonyl (C=O) groups excluding carboxylic acids is 2. The van der Waals surface area contributed by atoms with E-state index >= 15 is 0 Å². The van der Waals surface area contributed by atoms with Gasteiger partial charge in [-0.2, -0.15) is 0 Å². The van der Waals surface area contributed by atoms with Crippen molar-refractivity contribution in [3.8, 4) is 0 Å². The van der Waals surface area contributed by atoms with Crippen molar-refractivity contribution in [2.24, 2.45) is 5.92 Å². The van der Waals surface area contributed by atoms with Gasteiger partial charge in [0.15, 0.2) is 0 Å². The SMILES string of the molecule is CCCOC(=O)NCCCCCC(=O)OCCCC(C)C. The summed E-state index contributed by atoms with van der Waals surface area (Å²) < 4.78 is 10.0. The highest BCUT2D eigenvalue weighted by molar-refractivity contribution is 5.69. The van der Waals surface area contributed by atoms with Crippen LogP contribution in [0.15, 0.2) is 0 Å². The van der Waals surface area contributed by atoms with E-state index in [0.717, 1.165) is 38.5 Å². The van der Waals surface area contributed by atoms with Gasteiger partial charge in [-0.25, -0.2) is 4.79 Å². The van der Waals surface area contributed by atoms with Crippen LogP contribution in [0.2, 0.25) is 0 Å². The molecule has 0 radical (unpaired) electrons. The fraction of sp³-hybridized carbons (Fsp3) is 0.875. The first-order chi connectivity index (χ1) is 10.1. The maximum atomic E-state index is 11.4. The van der Waals surface area contributed by atoms with Crippen LogP contribution in [0.5, 0.6) is 0 Å². The molecule has 5 nitrogen and oxygen atoms in total. The van der Waals surface area contributed by atoms with Crippen LogP contribution in [-0.2, 0) is 14.3 Å². The van der Waals surface area contributed by atoms with Crippen molar-refractivity contribution in [3.63, 3.8) is 0 Å². The Morgan fingerprint density at radius 1 is 1.00 bits per heavy atom. The van der Waals surface area contributed by atoms with Gasteiger partial charge in [0.1, 0.15) is 0 Å². The average molecular weight is 301 g/mol. The van der Waals surface area contributed by atoms with Gasteiger partial charge in [-0.15, -0.1) is 0 Å². The molecule has 21 heavy (non-hydrogen) atoms. The second kappa shape index (κ2) is 13.7. The molecule has 1 amide bonds. The van der Waals surface area contributed by atoms with Gasteiger partial charge in [-0.05, 0) is 38.0 Å². The van der Waals surface area contributed by atoms with E-state index in [1.807, 2.05) is 6.92 Å². The molecule has 0 aliphatic heterocycles. The predicted molar refractivity (Wildman–Crippen MR) is 83.1 cm³/mol. The Kier molecular flexibility index (Phi) is 12.9. The van der Waals surface area contributed by atoms with E-state index in [2.05, 4.69) is 19.2 Å². The third kappa shape index (κ3) is 15.0.